The zero-order chi connectivity index (χ0) is 17.0. The molecule has 1 heterocycles. The van der Waals surface area contributed by atoms with E-state index in [1.165, 1.54) is 37.2 Å². The van der Waals surface area contributed by atoms with Gasteiger partial charge >= 0.3 is 0 Å². The maximum atomic E-state index is 4.74. The van der Waals surface area contributed by atoms with Crippen LogP contribution in [-0.2, 0) is 0 Å². The molecule has 0 amide bonds. The van der Waals surface area contributed by atoms with Crippen molar-refractivity contribution in [2.24, 2.45) is 10.9 Å². The molecule has 4 nitrogen and oxygen atoms in total. The molecular weight excluding hydrogens is 316 g/mol. The Bertz CT molecular complexity index is 470. The summed E-state index contributed by atoms with van der Waals surface area (Å²) >= 11 is 1.88. The standard InChI is InChI=1S/C19H32N4S/c1-3-20-19(21-12-9-17-10-14-23(2)15-11-17)22-13-16-24-18-7-5-4-6-8-18/h4-8,17H,3,9-16H2,1-2H3,(H2,20,21,22). The highest BCUT2D eigenvalue weighted by Gasteiger charge is 2.15. The molecule has 0 bridgehead atoms. The summed E-state index contributed by atoms with van der Waals surface area (Å²) in [7, 11) is 2.22. The molecule has 2 N–H and O–H groups in total. The van der Waals surface area contributed by atoms with Crippen LogP contribution in [0.4, 0.5) is 0 Å². The van der Waals surface area contributed by atoms with E-state index in [4.69, 9.17) is 4.99 Å². The molecule has 0 atom stereocenters. The predicted octanol–water partition coefficient (Wildman–Crippen LogP) is 3.07. The molecule has 1 aromatic rings. The SMILES string of the molecule is CCNC(=NCCC1CCN(C)CC1)NCCSc1ccccc1. The van der Waals surface area contributed by atoms with Gasteiger partial charge in [0.1, 0.15) is 0 Å². The smallest absolute Gasteiger partial charge is 0.191 e. The van der Waals surface area contributed by atoms with Gasteiger partial charge in [-0.2, -0.15) is 0 Å². The molecule has 0 aliphatic carbocycles. The lowest BCUT2D eigenvalue weighted by Crippen LogP contribution is -2.38. The highest BCUT2D eigenvalue weighted by atomic mass is 32.2. The Labute approximate surface area is 151 Å². The van der Waals surface area contributed by atoms with E-state index in [-0.39, 0.29) is 0 Å². The van der Waals surface area contributed by atoms with Gasteiger partial charge in [-0.1, -0.05) is 18.2 Å². The van der Waals surface area contributed by atoms with Crippen LogP contribution < -0.4 is 10.6 Å². The summed E-state index contributed by atoms with van der Waals surface area (Å²) in [4.78, 5) is 8.49. The van der Waals surface area contributed by atoms with Crippen molar-refractivity contribution in [3.63, 3.8) is 0 Å². The summed E-state index contributed by atoms with van der Waals surface area (Å²) in [6, 6.07) is 10.5. The van der Waals surface area contributed by atoms with Gasteiger partial charge in [0, 0.05) is 30.3 Å². The largest absolute Gasteiger partial charge is 0.357 e. The molecule has 1 aromatic carbocycles. The molecule has 1 aliphatic heterocycles. The zero-order valence-corrected chi connectivity index (χ0v) is 15.9. The third-order valence-corrected chi connectivity index (χ3v) is 5.41. The third kappa shape index (κ3) is 7.58. The second-order valence-electron chi connectivity index (χ2n) is 6.38. The van der Waals surface area contributed by atoms with Crippen LogP contribution in [0.15, 0.2) is 40.2 Å². The number of guanidine groups is 1. The van der Waals surface area contributed by atoms with E-state index < -0.39 is 0 Å². The Hall–Kier alpha value is -1.20. The number of piperidine rings is 1. The minimum absolute atomic E-state index is 0.849. The van der Waals surface area contributed by atoms with Crippen LogP contribution in [0.3, 0.4) is 0 Å². The molecule has 1 fully saturated rings. The first-order valence-electron chi connectivity index (χ1n) is 9.16. The van der Waals surface area contributed by atoms with Crippen molar-refractivity contribution in [2.75, 3.05) is 45.5 Å². The lowest BCUT2D eigenvalue weighted by atomic mass is 9.94. The van der Waals surface area contributed by atoms with Gasteiger partial charge < -0.3 is 15.5 Å². The van der Waals surface area contributed by atoms with Gasteiger partial charge in [-0.25, -0.2) is 0 Å². The summed E-state index contributed by atoms with van der Waals surface area (Å²) in [5.41, 5.74) is 0. The maximum absolute atomic E-state index is 4.74. The second kappa shape index (κ2) is 11.4. The molecule has 0 spiro atoms. The minimum Gasteiger partial charge on any atom is -0.357 e. The van der Waals surface area contributed by atoms with Gasteiger partial charge in [-0.15, -0.1) is 11.8 Å². The van der Waals surface area contributed by atoms with Gasteiger partial charge in [-0.3, -0.25) is 4.99 Å². The van der Waals surface area contributed by atoms with E-state index in [1.807, 2.05) is 11.8 Å². The second-order valence-corrected chi connectivity index (χ2v) is 7.55. The average Bonchev–Trinajstić information content (AvgIpc) is 2.61. The van der Waals surface area contributed by atoms with Crippen molar-refractivity contribution in [2.45, 2.75) is 31.1 Å². The molecule has 0 radical (unpaired) electrons. The summed E-state index contributed by atoms with van der Waals surface area (Å²) in [6.07, 6.45) is 3.86. The fourth-order valence-electron chi connectivity index (χ4n) is 2.91. The Kier molecular flexibility index (Phi) is 9.06. The van der Waals surface area contributed by atoms with E-state index >= 15 is 0 Å². The lowest BCUT2D eigenvalue weighted by Gasteiger charge is -2.28. The fraction of sp³-hybridized carbons (Fsp3) is 0.632. The predicted molar refractivity (Wildman–Crippen MR) is 106 cm³/mol. The van der Waals surface area contributed by atoms with Crippen LogP contribution >= 0.6 is 11.8 Å². The van der Waals surface area contributed by atoms with Gasteiger partial charge in [0.25, 0.3) is 0 Å². The number of hydrogen-bond donors (Lipinski definition) is 2. The van der Waals surface area contributed by atoms with Crippen LogP contribution in [-0.4, -0.2) is 56.4 Å². The Morgan fingerprint density at radius 2 is 1.96 bits per heavy atom. The molecule has 0 aromatic heterocycles. The normalized spacial score (nSPS) is 17.0. The monoisotopic (exact) mass is 348 g/mol. The minimum atomic E-state index is 0.849. The van der Waals surface area contributed by atoms with Crippen molar-refractivity contribution < 1.29 is 0 Å². The van der Waals surface area contributed by atoms with Crippen molar-refractivity contribution in [3.8, 4) is 0 Å². The van der Waals surface area contributed by atoms with Crippen molar-refractivity contribution >= 4 is 17.7 Å². The highest BCUT2D eigenvalue weighted by molar-refractivity contribution is 7.99. The molecule has 2 rings (SSSR count). The van der Waals surface area contributed by atoms with E-state index in [2.05, 4.69) is 59.8 Å². The Morgan fingerprint density at radius 1 is 1.21 bits per heavy atom. The molecular formula is C19H32N4S. The maximum Gasteiger partial charge on any atom is 0.191 e. The molecule has 134 valence electrons. The number of thioether (sulfide) groups is 1. The fourth-order valence-corrected chi connectivity index (χ4v) is 3.70. The summed E-state index contributed by atoms with van der Waals surface area (Å²) in [5, 5.41) is 6.79. The van der Waals surface area contributed by atoms with Gasteiger partial charge in [0.2, 0.25) is 0 Å². The Balaban J connectivity index is 1.64. The van der Waals surface area contributed by atoms with Crippen LogP contribution in [0, 0.1) is 5.92 Å². The summed E-state index contributed by atoms with van der Waals surface area (Å²) in [5.74, 6) is 2.85. The lowest BCUT2D eigenvalue weighted by molar-refractivity contribution is 0.214. The molecule has 5 heteroatoms. The number of nitrogens with zero attached hydrogens (tertiary/aromatic N) is 2. The van der Waals surface area contributed by atoms with E-state index in [1.54, 1.807) is 0 Å². The van der Waals surface area contributed by atoms with Crippen LogP contribution in [0.1, 0.15) is 26.2 Å². The first-order valence-corrected chi connectivity index (χ1v) is 10.1. The number of hydrogen-bond acceptors (Lipinski definition) is 3. The molecule has 0 unspecified atom stereocenters. The molecule has 1 saturated heterocycles. The van der Waals surface area contributed by atoms with Crippen LogP contribution in [0.25, 0.3) is 0 Å². The van der Waals surface area contributed by atoms with Crippen molar-refractivity contribution in [1.29, 1.82) is 0 Å². The van der Waals surface area contributed by atoms with E-state index in [9.17, 15) is 0 Å². The zero-order valence-electron chi connectivity index (χ0n) is 15.1. The number of nitrogens with one attached hydrogen (secondary N) is 2. The van der Waals surface area contributed by atoms with E-state index in [0.717, 1.165) is 37.3 Å². The summed E-state index contributed by atoms with van der Waals surface area (Å²) in [6.45, 7) is 7.36. The van der Waals surface area contributed by atoms with Gasteiger partial charge in [0.15, 0.2) is 5.96 Å². The third-order valence-electron chi connectivity index (χ3n) is 4.40. The average molecular weight is 349 g/mol. The molecule has 0 saturated carbocycles. The highest BCUT2D eigenvalue weighted by Crippen LogP contribution is 2.19. The quantitative estimate of drug-likeness (QED) is 0.328. The number of likely N-dealkylation sites (tertiary alicyclic amines) is 1. The first kappa shape index (κ1) is 19.1. The van der Waals surface area contributed by atoms with Crippen molar-refractivity contribution in [3.05, 3.63) is 30.3 Å². The molecule has 1 aliphatic rings. The number of aliphatic imine (C=N–C) groups is 1. The van der Waals surface area contributed by atoms with Gasteiger partial charge in [0.05, 0.1) is 0 Å². The van der Waals surface area contributed by atoms with E-state index in [0.29, 0.717) is 0 Å². The molecule has 24 heavy (non-hydrogen) atoms. The van der Waals surface area contributed by atoms with Crippen molar-refractivity contribution in [1.82, 2.24) is 15.5 Å². The van der Waals surface area contributed by atoms with Crippen LogP contribution in [0.5, 0.6) is 0 Å². The Morgan fingerprint density at radius 3 is 2.67 bits per heavy atom. The summed E-state index contributed by atoms with van der Waals surface area (Å²) < 4.78 is 0. The first-order chi connectivity index (χ1) is 11.8. The number of rotatable bonds is 8. The topological polar surface area (TPSA) is 39.7 Å². The number of benzene rings is 1. The van der Waals surface area contributed by atoms with Crippen LogP contribution in [0.2, 0.25) is 0 Å². The van der Waals surface area contributed by atoms with Gasteiger partial charge in [-0.05, 0) is 64.4 Å².